The van der Waals surface area contributed by atoms with E-state index >= 15 is 0 Å². The van der Waals surface area contributed by atoms with Gasteiger partial charge in [-0.2, -0.15) is 9.61 Å². The van der Waals surface area contributed by atoms with Crippen LogP contribution in [0.25, 0.3) is 4.96 Å². The first-order chi connectivity index (χ1) is 9.24. The Morgan fingerprint density at radius 2 is 2.16 bits per heavy atom. The van der Waals surface area contributed by atoms with Crippen molar-refractivity contribution in [2.75, 3.05) is 13.2 Å². The van der Waals surface area contributed by atoms with E-state index < -0.39 is 0 Å². The summed E-state index contributed by atoms with van der Waals surface area (Å²) in [6.45, 7) is 6.68. The van der Waals surface area contributed by atoms with E-state index in [1.165, 1.54) is 0 Å². The monoisotopic (exact) mass is 281 g/mol. The fraction of sp³-hybridized carbons (Fsp3) is 0.750. The highest BCUT2D eigenvalue weighted by molar-refractivity contribution is 7.16. The van der Waals surface area contributed by atoms with Gasteiger partial charge in [0, 0.05) is 31.7 Å². The molecule has 1 saturated heterocycles. The Bertz CT molecular complexity index is 543. The topological polar surface area (TPSA) is 64.3 Å². The lowest BCUT2D eigenvalue weighted by atomic mass is 10.00. The predicted molar refractivity (Wildman–Crippen MR) is 73.4 cm³/mol. The van der Waals surface area contributed by atoms with Crippen molar-refractivity contribution in [1.82, 2.24) is 25.1 Å². The molecule has 3 rings (SSSR count). The van der Waals surface area contributed by atoms with Gasteiger partial charge in [0.25, 0.3) is 0 Å². The molecule has 1 N–H and O–H groups in total. The minimum absolute atomic E-state index is 0.428. The van der Waals surface area contributed by atoms with Crippen LogP contribution in [0.4, 0.5) is 0 Å². The summed E-state index contributed by atoms with van der Waals surface area (Å²) in [5, 5.41) is 17.6. The fourth-order valence-electron chi connectivity index (χ4n) is 2.24. The summed E-state index contributed by atoms with van der Waals surface area (Å²) in [6, 6.07) is 0.462. The van der Waals surface area contributed by atoms with Gasteiger partial charge >= 0.3 is 0 Å². The number of nitrogens with one attached hydrogen (secondary N) is 1. The third-order valence-corrected chi connectivity index (χ3v) is 4.20. The van der Waals surface area contributed by atoms with Gasteiger partial charge in [0.05, 0.1) is 0 Å². The van der Waals surface area contributed by atoms with Gasteiger partial charge in [0.2, 0.25) is 4.96 Å². The van der Waals surface area contributed by atoms with Crippen molar-refractivity contribution in [2.24, 2.45) is 0 Å². The van der Waals surface area contributed by atoms with Gasteiger partial charge in [0.15, 0.2) is 5.82 Å². The number of nitrogens with zero attached hydrogens (tertiary/aromatic N) is 4. The molecule has 1 fully saturated rings. The largest absolute Gasteiger partial charge is 0.381 e. The maximum Gasteiger partial charge on any atom is 0.234 e. The molecule has 19 heavy (non-hydrogen) atoms. The third kappa shape index (κ3) is 2.77. The number of hydrogen-bond donors (Lipinski definition) is 1. The van der Waals surface area contributed by atoms with Gasteiger partial charge in [-0.3, -0.25) is 0 Å². The molecule has 0 amide bonds. The third-order valence-electron chi connectivity index (χ3n) is 3.30. The van der Waals surface area contributed by atoms with Crippen LogP contribution in [0.5, 0.6) is 0 Å². The number of ether oxygens (including phenoxy) is 1. The van der Waals surface area contributed by atoms with Gasteiger partial charge in [-0.05, 0) is 12.8 Å². The minimum Gasteiger partial charge on any atom is -0.381 e. The highest BCUT2D eigenvalue weighted by Crippen LogP contribution is 2.26. The summed E-state index contributed by atoms with van der Waals surface area (Å²) in [7, 11) is 0. The lowest BCUT2D eigenvalue weighted by molar-refractivity contribution is 0.0831. The van der Waals surface area contributed by atoms with Crippen molar-refractivity contribution in [3.8, 4) is 0 Å². The van der Waals surface area contributed by atoms with E-state index in [9.17, 15) is 0 Å². The quantitative estimate of drug-likeness (QED) is 0.921. The van der Waals surface area contributed by atoms with E-state index in [1.54, 1.807) is 11.3 Å². The second kappa shape index (κ2) is 5.52. The summed E-state index contributed by atoms with van der Waals surface area (Å²) < 4.78 is 7.31. The first-order valence-corrected chi connectivity index (χ1v) is 7.58. The van der Waals surface area contributed by atoms with Crippen LogP contribution < -0.4 is 5.32 Å². The molecule has 1 aliphatic heterocycles. The highest BCUT2D eigenvalue weighted by Gasteiger charge is 2.23. The van der Waals surface area contributed by atoms with Crippen LogP contribution in [0, 0.1) is 0 Å². The molecule has 104 valence electrons. The average Bonchev–Trinajstić information content (AvgIpc) is 2.96. The van der Waals surface area contributed by atoms with E-state index in [0.29, 0.717) is 12.0 Å². The normalized spacial score (nSPS) is 17.6. The molecule has 3 heterocycles. The van der Waals surface area contributed by atoms with Crippen LogP contribution in [0.15, 0.2) is 0 Å². The zero-order valence-corrected chi connectivity index (χ0v) is 12.1. The van der Waals surface area contributed by atoms with Crippen molar-refractivity contribution in [3.05, 3.63) is 10.8 Å². The van der Waals surface area contributed by atoms with Crippen molar-refractivity contribution in [2.45, 2.75) is 45.2 Å². The maximum absolute atomic E-state index is 5.39. The Morgan fingerprint density at radius 3 is 2.89 bits per heavy atom. The van der Waals surface area contributed by atoms with E-state index in [1.807, 2.05) is 4.52 Å². The zero-order chi connectivity index (χ0) is 13.2. The Hall–Kier alpha value is -1.05. The molecule has 0 aromatic carbocycles. The molecule has 0 spiro atoms. The summed E-state index contributed by atoms with van der Waals surface area (Å²) in [5.41, 5.74) is 0. The highest BCUT2D eigenvalue weighted by atomic mass is 32.1. The Labute approximate surface area is 116 Å². The second-order valence-electron chi connectivity index (χ2n) is 5.17. The van der Waals surface area contributed by atoms with Gasteiger partial charge in [0.1, 0.15) is 5.01 Å². The van der Waals surface area contributed by atoms with E-state index in [-0.39, 0.29) is 0 Å². The molecule has 2 aromatic heterocycles. The van der Waals surface area contributed by atoms with Gasteiger partial charge < -0.3 is 10.1 Å². The van der Waals surface area contributed by atoms with E-state index in [4.69, 9.17) is 4.74 Å². The summed E-state index contributed by atoms with van der Waals surface area (Å²) in [6.07, 6.45) is 2.02. The standard InChI is InChI=1S/C12H19N5OS/c1-8(2)13-7-10-16-17-11(14-15-12(17)19-10)9-3-5-18-6-4-9/h8-9,13H,3-7H2,1-2H3. The molecule has 0 unspecified atom stereocenters. The van der Waals surface area contributed by atoms with Crippen molar-refractivity contribution in [1.29, 1.82) is 0 Å². The second-order valence-corrected chi connectivity index (χ2v) is 6.21. The molecular weight excluding hydrogens is 262 g/mol. The molecule has 0 saturated carbocycles. The van der Waals surface area contributed by atoms with E-state index in [0.717, 1.165) is 48.4 Å². The van der Waals surface area contributed by atoms with Gasteiger partial charge in [-0.15, -0.1) is 10.2 Å². The van der Waals surface area contributed by atoms with Gasteiger partial charge in [-0.25, -0.2) is 0 Å². The molecule has 0 radical (unpaired) electrons. The van der Waals surface area contributed by atoms with Crippen molar-refractivity contribution >= 4 is 16.3 Å². The fourth-order valence-corrected chi connectivity index (χ4v) is 3.04. The molecular formula is C12H19N5OS. The van der Waals surface area contributed by atoms with Crippen LogP contribution in [0.2, 0.25) is 0 Å². The average molecular weight is 281 g/mol. The SMILES string of the molecule is CC(C)NCc1nn2c(C3CCOCC3)nnc2s1. The van der Waals surface area contributed by atoms with Crippen LogP contribution >= 0.6 is 11.3 Å². The maximum atomic E-state index is 5.39. The van der Waals surface area contributed by atoms with Crippen molar-refractivity contribution in [3.63, 3.8) is 0 Å². The zero-order valence-electron chi connectivity index (χ0n) is 11.3. The van der Waals surface area contributed by atoms with Crippen LogP contribution in [0.3, 0.4) is 0 Å². The molecule has 7 heteroatoms. The van der Waals surface area contributed by atoms with E-state index in [2.05, 4.69) is 34.5 Å². The number of rotatable bonds is 4. The number of aromatic nitrogens is 4. The first kappa shape index (κ1) is 13.0. The number of hydrogen-bond acceptors (Lipinski definition) is 6. The number of fused-ring (bicyclic) bond motifs is 1. The minimum atomic E-state index is 0.428. The molecule has 2 aromatic rings. The molecule has 0 bridgehead atoms. The molecule has 1 aliphatic rings. The van der Waals surface area contributed by atoms with Gasteiger partial charge in [-0.1, -0.05) is 25.2 Å². The Balaban J connectivity index is 1.81. The van der Waals surface area contributed by atoms with Crippen LogP contribution in [-0.4, -0.2) is 39.1 Å². The molecule has 6 nitrogen and oxygen atoms in total. The van der Waals surface area contributed by atoms with Crippen LogP contribution in [0.1, 0.15) is 43.4 Å². The lowest BCUT2D eigenvalue weighted by Crippen LogP contribution is -2.22. The molecule has 0 aliphatic carbocycles. The predicted octanol–water partition coefficient (Wildman–Crippen LogP) is 1.58. The Morgan fingerprint density at radius 1 is 1.37 bits per heavy atom. The Kier molecular flexibility index (Phi) is 3.76. The van der Waals surface area contributed by atoms with Crippen LogP contribution in [-0.2, 0) is 11.3 Å². The van der Waals surface area contributed by atoms with Crippen molar-refractivity contribution < 1.29 is 4.74 Å². The lowest BCUT2D eigenvalue weighted by Gasteiger charge is -2.19. The molecule has 0 atom stereocenters. The smallest absolute Gasteiger partial charge is 0.234 e. The summed E-state index contributed by atoms with van der Waals surface area (Å²) in [5.74, 6) is 1.42. The summed E-state index contributed by atoms with van der Waals surface area (Å²) in [4.78, 5) is 0.891. The first-order valence-electron chi connectivity index (χ1n) is 6.76. The summed E-state index contributed by atoms with van der Waals surface area (Å²) >= 11 is 1.61.